The third-order valence-corrected chi connectivity index (χ3v) is 14.3. The fourth-order valence-electron chi connectivity index (χ4n) is 8.42. The molecule has 0 saturated carbocycles. The Labute approximate surface area is 387 Å². The number of allylic oxidation sites excluding steroid dienone is 1. The van der Waals surface area contributed by atoms with Crippen molar-refractivity contribution in [3.8, 4) is 23.0 Å². The van der Waals surface area contributed by atoms with Gasteiger partial charge in [-0.15, -0.1) is 6.58 Å². The van der Waals surface area contributed by atoms with Crippen molar-refractivity contribution < 1.29 is 65.5 Å². The van der Waals surface area contributed by atoms with Crippen LogP contribution in [-0.4, -0.2) is 70.7 Å². The lowest BCUT2D eigenvalue weighted by molar-refractivity contribution is -0.143. The largest absolute Gasteiger partial charge is 0.435 e. The summed E-state index contributed by atoms with van der Waals surface area (Å²) in [7, 11) is -8.10. The number of halogens is 11. The highest BCUT2D eigenvalue weighted by Crippen LogP contribution is 2.53. The summed E-state index contributed by atoms with van der Waals surface area (Å²) in [5, 5.41) is 9.24. The zero-order chi connectivity index (χ0) is 50.3. The third kappa shape index (κ3) is 10.1. The molecule has 2 atom stereocenters. The SMILES string of the molecule is C=C[C@H]1CC(F)(F)c2c1c(C(F)(F)F)nn2CC(=O)N[C@@H](Cc1cc(F)cc(F)c1)c1nc(C#CC(C)(C)S(C)(=O)=O)c2c(c1-c1ccc(Cl)c3c(NS(C)(=O)=O)nn(CC(F)(F)F)c13)CCC2. The summed E-state index contributed by atoms with van der Waals surface area (Å²) < 4.78 is 198. The van der Waals surface area contributed by atoms with Gasteiger partial charge in [-0.3, -0.25) is 18.9 Å². The number of anilines is 1. The molecule has 0 bridgehead atoms. The van der Waals surface area contributed by atoms with Gasteiger partial charge in [-0.25, -0.2) is 30.6 Å². The predicted molar refractivity (Wildman–Crippen MR) is 230 cm³/mol. The van der Waals surface area contributed by atoms with Gasteiger partial charge in [0.1, 0.15) is 40.9 Å². The zero-order valence-electron chi connectivity index (χ0n) is 36.0. The van der Waals surface area contributed by atoms with E-state index in [1.807, 2.05) is 0 Å². The standard InChI is InChI=1S/C43H38ClF10N7O5S2/c1-6-22-18-41(47,48)38-32(22)37(43(52,53)54)57-60(38)19-31(62)55-30(16-21-14-23(45)17-24(46)15-21)35-33(26-9-7-8-25(26)29(56-35)12-13-40(2,3)67(4,63)64)27-10-11-28(44)34-36(27)61(20-42(49,50)51)58-39(34)59-68(5,65)66/h6,10-11,14-15,17,22,30H,1,7-9,16,18-20H2,2-5H3,(H,55,62)(H,58,59)/t22-,30-/m0/s1. The van der Waals surface area contributed by atoms with E-state index in [1.165, 1.54) is 26.0 Å². The molecule has 0 radical (unpaired) electrons. The lowest BCUT2D eigenvalue weighted by atomic mass is 9.88. The van der Waals surface area contributed by atoms with Crippen molar-refractivity contribution in [1.29, 1.82) is 0 Å². The first kappa shape index (κ1) is 50.2. The molecule has 2 aliphatic carbocycles. The quantitative estimate of drug-likeness (QED) is 0.0714. The number of rotatable bonds is 12. The number of benzene rings is 2. The number of amides is 1. The second-order valence-corrected chi connectivity index (χ2v) is 21.7. The van der Waals surface area contributed by atoms with E-state index in [0.717, 1.165) is 24.5 Å². The van der Waals surface area contributed by atoms with E-state index in [9.17, 15) is 56.8 Å². The Morgan fingerprint density at radius 3 is 2.24 bits per heavy atom. The van der Waals surface area contributed by atoms with Gasteiger partial charge in [0.25, 0.3) is 5.92 Å². The minimum atomic E-state index is -5.26. The molecule has 1 amide bonds. The van der Waals surface area contributed by atoms with Crippen LogP contribution in [0.3, 0.4) is 0 Å². The first-order chi connectivity index (χ1) is 31.3. The number of alkyl halides is 8. The molecular weight excluding hydrogens is 984 g/mol. The van der Waals surface area contributed by atoms with Crippen LogP contribution in [-0.2, 0) is 69.1 Å². The summed E-state index contributed by atoms with van der Waals surface area (Å²) in [6.07, 6.45) is -8.81. The monoisotopic (exact) mass is 1020 g/mol. The maximum Gasteiger partial charge on any atom is 0.435 e. The summed E-state index contributed by atoms with van der Waals surface area (Å²) in [5.74, 6) is -4.12. The van der Waals surface area contributed by atoms with Crippen LogP contribution < -0.4 is 10.0 Å². The first-order valence-electron chi connectivity index (χ1n) is 20.2. The summed E-state index contributed by atoms with van der Waals surface area (Å²) >= 11 is 6.57. The smallest absolute Gasteiger partial charge is 0.346 e. The lowest BCUT2D eigenvalue weighted by Crippen LogP contribution is -2.35. The lowest BCUT2D eigenvalue weighted by Gasteiger charge is -2.25. The number of nitrogens with zero attached hydrogens (tertiary/aromatic N) is 5. The highest BCUT2D eigenvalue weighted by atomic mass is 35.5. The third-order valence-electron chi connectivity index (χ3n) is 11.5. The van der Waals surface area contributed by atoms with Crippen molar-refractivity contribution in [2.45, 2.75) is 94.0 Å². The van der Waals surface area contributed by atoms with Crippen LogP contribution in [0.4, 0.5) is 49.7 Å². The average Bonchev–Trinajstić information content (AvgIpc) is 3.95. The zero-order valence-corrected chi connectivity index (χ0v) is 38.4. The number of hydrogen-bond acceptors (Lipinski definition) is 8. The molecular formula is C43H38ClF10N7O5S2. The van der Waals surface area contributed by atoms with E-state index < -0.39 is 127 Å². The molecule has 2 aromatic carbocycles. The van der Waals surface area contributed by atoms with Crippen molar-refractivity contribution in [2.24, 2.45) is 0 Å². The molecule has 68 heavy (non-hydrogen) atoms. The molecule has 0 saturated heterocycles. The van der Waals surface area contributed by atoms with Gasteiger partial charge in [-0.2, -0.15) is 45.3 Å². The molecule has 0 unspecified atom stereocenters. The normalized spacial score (nSPS) is 16.5. The number of carbonyl (C=O) groups is 1. The number of aromatic nitrogens is 5. The summed E-state index contributed by atoms with van der Waals surface area (Å²) in [5.41, 5.74) is -4.33. The molecule has 0 aliphatic heterocycles. The van der Waals surface area contributed by atoms with Crippen LogP contribution in [0.15, 0.2) is 43.0 Å². The van der Waals surface area contributed by atoms with E-state index in [-0.39, 0.29) is 56.0 Å². The highest BCUT2D eigenvalue weighted by molar-refractivity contribution is 7.92. The van der Waals surface area contributed by atoms with Crippen molar-refractivity contribution in [3.05, 3.63) is 105 Å². The molecule has 3 heterocycles. The second-order valence-electron chi connectivity index (χ2n) is 17.0. The molecule has 12 nitrogen and oxygen atoms in total. The molecule has 2 aliphatic rings. The van der Waals surface area contributed by atoms with Crippen molar-refractivity contribution >= 4 is 54.1 Å². The van der Waals surface area contributed by atoms with Crippen LogP contribution in [0.5, 0.6) is 0 Å². The van der Waals surface area contributed by atoms with Gasteiger partial charge >= 0.3 is 12.4 Å². The predicted octanol–water partition coefficient (Wildman–Crippen LogP) is 8.71. The van der Waals surface area contributed by atoms with Gasteiger partial charge in [0.15, 0.2) is 21.3 Å². The number of fused-ring (bicyclic) bond motifs is 3. The van der Waals surface area contributed by atoms with Crippen molar-refractivity contribution in [1.82, 2.24) is 29.9 Å². The van der Waals surface area contributed by atoms with Gasteiger partial charge in [0.2, 0.25) is 15.9 Å². The Bertz CT molecular complexity index is 3190. The molecule has 7 rings (SSSR count). The van der Waals surface area contributed by atoms with E-state index in [1.54, 1.807) is 0 Å². The molecule has 2 N–H and O–H groups in total. The fourth-order valence-corrected chi connectivity index (χ4v) is 9.39. The molecule has 0 fully saturated rings. The van der Waals surface area contributed by atoms with Gasteiger partial charge < -0.3 is 5.32 Å². The van der Waals surface area contributed by atoms with E-state index in [4.69, 9.17) is 16.6 Å². The fraction of sp³-hybridized carbons (Fsp3) is 0.395. The van der Waals surface area contributed by atoms with Crippen LogP contribution in [0, 0.1) is 23.5 Å². The minimum Gasteiger partial charge on any atom is -0.346 e. The summed E-state index contributed by atoms with van der Waals surface area (Å²) in [6, 6.07) is 3.00. The first-order valence-corrected chi connectivity index (χ1v) is 24.4. The minimum absolute atomic E-state index is 0.0526. The second kappa shape index (κ2) is 17.4. The number of nitrogens with one attached hydrogen (secondary N) is 2. The van der Waals surface area contributed by atoms with Gasteiger partial charge in [-0.05, 0) is 80.3 Å². The van der Waals surface area contributed by atoms with Crippen LogP contribution in [0.1, 0.15) is 83.7 Å². The van der Waals surface area contributed by atoms with Crippen LogP contribution in [0.2, 0.25) is 5.02 Å². The molecule has 3 aromatic heterocycles. The number of sulfonamides is 1. The maximum atomic E-state index is 15.5. The molecule has 5 aromatic rings. The van der Waals surface area contributed by atoms with Crippen molar-refractivity contribution in [2.75, 3.05) is 17.2 Å². The van der Waals surface area contributed by atoms with Crippen LogP contribution >= 0.6 is 11.6 Å². The Kier molecular flexibility index (Phi) is 12.8. The van der Waals surface area contributed by atoms with E-state index in [0.29, 0.717) is 34.6 Å². The number of carbonyl (C=O) groups excluding carboxylic acids is 1. The Balaban J connectivity index is 1.53. The van der Waals surface area contributed by atoms with E-state index in [2.05, 4.69) is 38.7 Å². The average molecular weight is 1020 g/mol. The maximum absolute atomic E-state index is 15.5. The van der Waals surface area contributed by atoms with Gasteiger partial charge in [0, 0.05) is 41.4 Å². The van der Waals surface area contributed by atoms with Crippen molar-refractivity contribution in [3.63, 3.8) is 0 Å². The van der Waals surface area contributed by atoms with Crippen LogP contribution in [0.25, 0.3) is 22.0 Å². The number of hydrogen-bond donors (Lipinski definition) is 2. The summed E-state index contributed by atoms with van der Waals surface area (Å²) in [6.45, 7) is 2.87. The number of pyridine rings is 1. The Morgan fingerprint density at radius 1 is 1.00 bits per heavy atom. The topological polar surface area (TPSA) is 158 Å². The Hall–Kier alpha value is -5.67. The Morgan fingerprint density at radius 2 is 1.65 bits per heavy atom. The molecule has 364 valence electrons. The van der Waals surface area contributed by atoms with Gasteiger partial charge in [-0.1, -0.05) is 29.7 Å². The summed E-state index contributed by atoms with van der Waals surface area (Å²) in [4.78, 5) is 19.0. The molecule has 0 spiro atoms. The molecule has 25 heteroatoms. The number of sulfone groups is 1. The van der Waals surface area contributed by atoms with E-state index >= 15 is 8.78 Å². The highest BCUT2D eigenvalue weighted by Gasteiger charge is 2.54. The van der Waals surface area contributed by atoms with Gasteiger partial charge in [0.05, 0.1) is 33.9 Å².